The standard InChI is InChI=1S/C21H25N5O6/c1-3-4-7-25-18(22)17(19(28)23-21(25)30)24(2)20(29)12-8-16(27)26(10-12)13-5-6-14-15(9-13)32-11-31-14/h5-6,9,12H,3-4,7-8,10-11,22H2,1-2H3,(H,23,28,30). The molecule has 11 nitrogen and oxygen atoms in total. The lowest BCUT2D eigenvalue weighted by Crippen LogP contribution is -2.42. The van der Waals surface area contributed by atoms with E-state index in [1.807, 2.05) is 6.92 Å². The number of unbranched alkanes of at least 4 members (excludes halogenated alkanes) is 1. The van der Waals surface area contributed by atoms with Gasteiger partial charge in [0.1, 0.15) is 5.82 Å². The minimum Gasteiger partial charge on any atom is -0.454 e. The van der Waals surface area contributed by atoms with Crippen LogP contribution in [0.2, 0.25) is 0 Å². The Bertz CT molecular complexity index is 1190. The maximum Gasteiger partial charge on any atom is 0.330 e. The molecule has 1 aromatic carbocycles. The summed E-state index contributed by atoms with van der Waals surface area (Å²) in [4.78, 5) is 55.3. The van der Waals surface area contributed by atoms with Crippen molar-refractivity contribution in [3.05, 3.63) is 39.0 Å². The molecular weight excluding hydrogens is 418 g/mol. The highest BCUT2D eigenvalue weighted by Crippen LogP contribution is 2.37. The number of carbonyl (C=O) groups is 2. The quantitative estimate of drug-likeness (QED) is 0.668. The number of carbonyl (C=O) groups excluding carboxylic acids is 2. The van der Waals surface area contributed by atoms with E-state index in [2.05, 4.69) is 4.98 Å². The van der Waals surface area contributed by atoms with Crippen LogP contribution >= 0.6 is 0 Å². The lowest BCUT2D eigenvalue weighted by Gasteiger charge is -2.23. The highest BCUT2D eigenvalue weighted by Gasteiger charge is 2.38. The summed E-state index contributed by atoms with van der Waals surface area (Å²) in [7, 11) is 1.42. The normalized spacial score (nSPS) is 17.1. The van der Waals surface area contributed by atoms with Crippen LogP contribution in [0.1, 0.15) is 26.2 Å². The number of benzene rings is 1. The number of nitrogen functional groups attached to an aromatic ring is 1. The highest BCUT2D eigenvalue weighted by molar-refractivity contribution is 6.05. The van der Waals surface area contributed by atoms with Crippen LogP contribution in [0, 0.1) is 5.92 Å². The van der Waals surface area contributed by atoms with Crippen molar-refractivity contribution in [3.8, 4) is 11.5 Å². The Labute approximate surface area is 183 Å². The van der Waals surface area contributed by atoms with E-state index in [1.165, 1.54) is 16.5 Å². The number of hydrogen-bond acceptors (Lipinski definition) is 7. The third-order valence-corrected chi connectivity index (χ3v) is 5.76. The predicted octanol–water partition coefficient (Wildman–Crippen LogP) is 0.664. The van der Waals surface area contributed by atoms with Crippen LogP contribution in [0.5, 0.6) is 11.5 Å². The summed E-state index contributed by atoms with van der Waals surface area (Å²) in [5.41, 5.74) is 5.25. The third-order valence-electron chi connectivity index (χ3n) is 5.76. The van der Waals surface area contributed by atoms with E-state index in [0.29, 0.717) is 30.2 Å². The first-order valence-electron chi connectivity index (χ1n) is 10.4. The molecule has 3 heterocycles. The molecule has 0 spiro atoms. The van der Waals surface area contributed by atoms with E-state index in [-0.39, 0.29) is 37.2 Å². The van der Waals surface area contributed by atoms with Crippen LogP contribution < -0.4 is 36.3 Å². The van der Waals surface area contributed by atoms with E-state index in [9.17, 15) is 19.2 Å². The Kier molecular flexibility index (Phi) is 5.64. The van der Waals surface area contributed by atoms with Crippen molar-refractivity contribution in [1.82, 2.24) is 9.55 Å². The third kappa shape index (κ3) is 3.70. The van der Waals surface area contributed by atoms with Gasteiger partial charge in [-0.1, -0.05) is 13.3 Å². The maximum atomic E-state index is 13.2. The molecule has 3 N–H and O–H groups in total. The van der Waals surface area contributed by atoms with E-state index in [1.54, 1.807) is 18.2 Å². The summed E-state index contributed by atoms with van der Waals surface area (Å²) >= 11 is 0. The fraction of sp³-hybridized carbons (Fsp3) is 0.429. The van der Waals surface area contributed by atoms with Gasteiger partial charge in [-0.25, -0.2) is 4.79 Å². The molecule has 0 aliphatic carbocycles. The van der Waals surface area contributed by atoms with Crippen molar-refractivity contribution < 1.29 is 19.1 Å². The van der Waals surface area contributed by atoms with Crippen LogP contribution in [0.3, 0.4) is 0 Å². The summed E-state index contributed by atoms with van der Waals surface area (Å²) in [5, 5.41) is 0. The molecule has 1 aromatic heterocycles. The molecule has 1 unspecified atom stereocenters. The van der Waals surface area contributed by atoms with Crippen molar-refractivity contribution >= 4 is 29.0 Å². The van der Waals surface area contributed by atoms with Gasteiger partial charge in [0.05, 0.1) is 5.92 Å². The molecule has 1 atom stereocenters. The molecule has 1 fully saturated rings. The molecule has 11 heteroatoms. The lowest BCUT2D eigenvalue weighted by atomic mass is 10.1. The van der Waals surface area contributed by atoms with Gasteiger partial charge in [0, 0.05) is 38.3 Å². The van der Waals surface area contributed by atoms with E-state index in [0.717, 1.165) is 11.3 Å². The number of rotatable bonds is 6. The number of nitrogens with zero attached hydrogens (tertiary/aromatic N) is 3. The molecule has 2 aliphatic rings. The van der Waals surface area contributed by atoms with Crippen molar-refractivity contribution in [2.75, 3.05) is 35.9 Å². The monoisotopic (exact) mass is 443 g/mol. The summed E-state index contributed by atoms with van der Waals surface area (Å²) in [5.74, 6) is -0.255. The minimum atomic E-state index is -0.743. The summed E-state index contributed by atoms with van der Waals surface area (Å²) in [6.45, 7) is 2.56. The summed E-state index contributed by atoms with van der Waals surface area (Å²) < 4.78 is 11.9. The zero-order valence-electron chi connectivity index (χ0n) is 17.9. The zero-order valence-corrected chi connectivity index (χ0v) is 17.9. The zero-order chi connectivity index (χ0) is 23.0. The number of hydrogen-bond donors (Lipinski definition) is 2. The average Bonchev–Trinajstić information content (AvgIpc) is 3.38. The number of aromatic amines is 1. The number of ether oxygens (including phenoxy) is 2. The van der Waals surface area contributed by atoms with Crippen molar-refractivity contribution in [2.24, 2.45) is 5.92 Å². The second kappa shape index (κ2) is 8.40. The summed E-state index contributed by atoms with van der Waals surface area (Å²) in [6.07, 6.45) is 1.51. The van der Waals surface area contributed by atoms with Gasteiger partial charge in [0.25, 0.3) is 5.56 Å². The van der Waals surface area contributed by atoms with Crippen LogP contribution in [0.4, 0.5) is 17.2 Å². The van der Waals surface area contributed by atoms with Crippen LogP contribution in [0.15, 0.2) is 27.8 Å². The van der Waals surface area contributed by atoms with E-state index in [4.69, 9.17) is 15.2 Å². The van der Waals surface area contributed by atoms with Gasteiger partial charge in [-0.15, -0.1) is 0 Å². The van der Waals surface area contributed by atoms with E-state index < -0.39 is 23.1 Å². The number of anilines is 3. The minimum absolute atomic E-state index is 0.00903. The number of H-pyrrole nitrogens is 1. The largest absolute Gasteiger partial charge is 0.454 e. The topological polar surface area (TPSA) is 140 Å². The van der Waals surface area contributed by atoms with Crippen molar-refractivity contribution in [1.29, 1.82) is 0 Å². The molecular formula is C21H25N5O6. The molecule has 2 amide bonds. The van der Waals surface area contributed by atoms with Gasteiger partial charge in [-0.2, -0.15) is 0 Å². The molecule has 32 heavy (non-hydrogen) atoms. The van der Waals surface area contributed by atoms with Gasteiger partial charge in [-0.3, -0.25) is 23.9 Å². The smallest absolute Gasteiger partial charge is 0.330 e. The van der Waals surface area contributed by atoms with Crippen LogP contribution in [0.25, 0.3) is 0 Å². The molecule has 0 saturated carbocycles. The number of amides is 2. The maximum absolute atomic E-state index is 13.2. The first-order chi connectivity index (χ1) is 15.3. The van der Waals surface area contributed by atoms with Crippen molar-refractivity contribution in [2.45, 2.75) is 32.7 Å². The average molecular weight is 443 g/mol. The lowest BCUT2D eigenvalue weighted by molar-refractivity contribution is -0.124. The molecule has 1 saturated heterocycles. The SMILES string of the molecule is CCCCn1c(N)c(N(C)C(=O)C2CC(=O)N(c3ccc4c(c3)OCO4)C2)c(=O)[nH]c1=O. The molecule has 4 rings (SSSR count). The van der Waals surface area contributed by atoms with Crippen molar-refractivity contribution in [3.63, 3.8) is 0 Å². The Morgan fingerprint density at radius 3 is 2.75 bits per heavy atom. The Hall–Kier alpha value is -3.76. The molecule has 2 aliphatic heterocycles. The first kappa shape index (κ1) is 21.5. The van der Waals surface area contributed by atoms with Gasteiger partial charge >= 0.3 is 5.69 Å². The van der Waals surface area contributed by atoms with Gasteiger partial charge < -0.3 is 25.0 Å². The van der Waals surface area contributed by atoms with Crippen LogP contribution in [-0.2, 0) is 16.1 Å². The van der Waals surface area contributed by atoms with Gasteiger partial charge in [0.15, 0.2) is 17.2 Å². The Morgan fingerprint density at radius 2 is 2.00 bits per heavy atom. The number of nitrogens with one attached hydrogen (secondary N) is 1. The molecule has 170 valence electrons. The molecule has 2 aromatic rings. The van der Waals surface area contributed by atoms with Crippen LogP contribution in [-0.4, -0.2) is 41.8 Å². The second-order valence-electron chi connectivity index (χ2n) is 7.84. The predicted molar refractivity (Wildman–Crippen MR) is 117 cm³/mol. The Balaban J connectivity index is 1.57. The number of nitrogens with two attached hydrogens (primary N) is 1. The number of aromatic nitrogens is 2. The second-order valence-corrected chi connectivity index (χ2v) is 7.84. The highest BCUT2D eigenvalue weighted by atomic mass is 16.7. The fourth-order valence-electron chi connectivity index (χ4n) is 4.00. The fourth-order valence-corrected chi connectivity index (χ4v) is 4.00. The van der Waals surface area contributed by atoms with E-state index >= 15 is 0 Å². The molecule has 0 radical (unpaired) electrons. The summed E-state index contributed by atoms with van der Waals surface area (Å²) in [6, 6.07) is 5.14. The number of fused-ring (bicyclic) bond motifs is 1. The van der Waals surface area contributed by atoms with Gasteiger partial charge in [0.2, 0.25) is 18.6 Å². The first-order valence-corrected chi connectivity index (χ1v) is 10.4. The Morgan fingerprint density at radius 1 is 1.25 bits per heavy atom. The van der Waals surface area contributed by atoms with Gasteiger partial charge in [-0.05, 0) is 18.6 Å². The molecule has 0 bridgehead atoms.